The Balaban J connectivity index is 1.60. The SMILES string of the molecule is Cc1csc(Cc2noc(CC(=O)C3CCCC3)n2)n1. The van der Waals surface area contributed by atoms with Gasteiger partial charge >= 0.3 is 0 Å². The summed E-state index contributed by atoms with van der Waals surface area (Å²) in [6, 6.07) is 0. The van der Waals surface area contributed by atoms with Crippen LogP contribution in [0.25, 0.3) is 0 Å². The molecule has 2 aromatic heterocycles. The number of ketones is 1. The highest BCUT2D eigenvalue weighted by molar-refractivity contribution is 7.09. The van der Waals surface area contributed by atoms with Crippen LogP contribution in [0.15, 0.2) is 9.90 Å². The number of hydrogen-bond acceptors (Lipinski definition) is 6. The lowest BCUT2D eigenvalue weighted by Gasteiger charge is -2.04. The maximum atomic E-state index is 12.0. The molecular weight excluding hydrogens is 274 g/mol. The van der Waals surface area contributed by atoms with Crippen molar-refractivity contribution in [1.82, 2.24) is 15.1 Å². The van der Waals surface area contributed by atoms with E-state index in [9.17, 15) is 4.79 Å². The second-order valence-electron chi connectivity index (χ2n) is 5.29. The molecule has 0 N–H and O–H groups in total. The standard InChI is InChI=1S/C14H17N3O2S/c1-9-8-20-14(15-9)7-12-16-13(19-17-12)6-11(18)10-4-2-3-5-10/h8,10H,2-7H2,1H3. The summed E-state index contributed by atoms with van der Waals surface area (Å²) < 4.78 is 5.17. The van der Waals surface area contributed by atoms with Gasteiger partial charge in [0.2, 0.25) is 5.89 Å². The van der Waals surface area contributed by atoms with Crippen LogP contribution in [0.3, 0.4) is 0 Å². The molecule has 0 unspecified atom stereocenters. The van der Waals surface area contributed by atoms with Gasteiger partial charge in [0, 0.05) is 17.0 Å². The monoisotopic (exact) mass is 291 g/mol. The van der Waals surface area contributed by atoms with Crippen LogP contribution >= 0.6 is 11.3 Å². The lowest BCUT2D eigenvalue weighted by molar-refractivity contribution is -0.122. The number of carbonyl (C=O) groups excluding carboxylic acids is 1. The summed E-state index contributed by atoms with van der Waals surface area (Å²) in [5.74, 6) is 1.48. The maximum absolute atomic E-state index is 12.0. The zero-order valence-electron chi connectivity index (χ0n) is 11.5. The molecule has 5 nitrogen and oxygen atoms in total. The van der Waals surface area contributed by atoms with Crippen molar-refractivity contribution in [3.8, 4) is 0 Å². The molecule has 0 bridgehead atoms. The van der Waals surface area contributed by atoms with Gasteiger partial charge in [-0.25, -0.2) is 4.98 Å². The van der Waals surface area contributed by atoms with Crippen molar-refractivity contribution >= 4 is 17.1 Å². The van der Waals surface area contributed by atoms with Crippen molar-refractivity contribution in [1.29, 1.82) is 0 Å². The van der Waals surface area contributed by atoms with Crippen LogP contribution in [-0.4, -0.2) is 20.9 Å². The summed E-state index contributed by atoms with van der Waals surface area (Å²) in [4.78, 5) is 20.7. The number of rotatable bonds is 5. The van der Waals surface area contributed by atoms with E-state index in [1.54, 1.807) is 11.3 Å². The van der Waals surface area contributed by atoms with E-state index in [1.165, 1.54) is 0 Å². The highest BCUT2D eigenvalue weighted by atomic mass is 32.1. The van der Waals surface area contributed by atoms with Crippen molar-refractivity contribution in [2.24, 2.45) is 5.92 Å². The van der Waals surface area contributed by atoms with Gasteiger partial charge in [0.25, 0.3) is 0 Å². The Bertz CT molecular complexity index is 599. The van der Waals surface area contributed by atoms with Crippen LogP contribution < -0.4 is 0 Å². The lowest BCUT2D eigenvalue weighted by Crippen LogP contribution is -2.13. The molecular formula is C14H17N3O2S. The van der Waals surface area contributed by atoms with Crippen molar-refractivity contribution in [3.63, 3.8) is 0 Å². The third-order valence-electron chi connectivity index (χ3n) is 3.62. The molecule has 20 heavy (non-hydrogen) atoms. The average Bonchev–Trinajstić information content (AvgIpc) is 3.12. The minimum atomic E-state index is 0.201. The van der Waals surface area contributed by atoms with Gasteiger partial charge in [-0.2, -0.15) is 4.98 Å². The Morgan fingerprint density at radius 3 is 2.90 bits per heavy atom. The van der Waals surface area contributed by atoms with Crippen LogP contribution in [0.5, 0.6) is 0 Å². The Morgan fingerprint density at radius 2 is 2.20 bits per heavy atom. The second-order valence-corrected chi connectivity index (χ2v) is 6.23. The minimum Gasteiger partial charge on any atom is -0.339 e. The van der Waals surface area contributed by atoms with E-state index in [1.807, 2.05) is 12.3 Å². The molecule has 2 heterocycles. The molecule has 0 aromatic carbocycles. The van der Waals surface area contributed by atoms with Gasteiger partial charge < -0.3 is 4.52 Å². The molecule has 6 heteroatoms. The Hall–Kier alpha value is -1.56. The highest BCUT2D eigenvalue weighted by Crippen LogP contribution is 2.26. The Morgan fingerprint density at radius 1 is 1.40 bits per heavy atom. The average molecular weight is 291 g/mol. The van der Waals surface area contributed by atoms with Crippen LogP contribution in [0, 0.1) is 12.8 Å². The first-order chi connectivity index (χ1) is 9.70. The van der Waals surface area contributed by atoms with Crippen molar-refractivity contribution in [3.05, 3.63) is 27.8 Å². The largest absolute Gasteiger partial charge is 0.339 e. The molecule has 1 aliphatic rings. The first kappa shape index (κ1) is 13.4. The van der Waals surface area contributed by atoms with Crippen LogP contribution in [0.2, 0.25) is 0 Å². The smallest absolute Gasteiger partial charge is 0.234 e. The third kappa shape index (κ3) is 3.12. The quantitative estimate of drug-likeness (QED) is 0.847. The molecule has 0 atom stereocenters. The normalized spacial score (nSPS) is 15.8. The van der Waals surface area contributed by atoms with Gasteiger partial charge in [-0.05, 0) is 19.8 Å². The number of thiazole rings is 1. The number of aryl methyl sites for hydroxylation is 1. The molecule has 0 radical (unpaired) electrons. The predicted octanol–water partition coefficient (Wildman–Crippen LogP) is 2.73. The van der Waals surface area contributed by atoms with Gasteiger partial charge in [0.05, 0.1) is 12.8 Å². The van der Waals surface area contributed by atoms with E-state index in [0.717, 1.165) is 36.4 Å². The predicted molar refractivity (Wildman–Crippen MR) is 74.6 cm³/mol. The summed E-state index contributed by atoms with van der Waals surface area (Å²) in [6.07, 6.45) is 5.19. The lowest BCUT2D eigenvalue weighted by atomic mass is 10.0. The first-order valence-electron chi connectivity index (χ1n) is 6.96. The summed E-state index contributed by atoms with van der Waals surface area (Å²) in [5, 5.41) is 6.90. The van der Waals surface area contributed by atoms with E-state index in [0.29, 0.717) is 18.1 Å². The number of carbonyl (C=O) groups is 1. The zero-order chi connectivity index (χ0) is 13.9. The molecule has 1 aliphatic carbocycles. The molecule has 2 aromatic rings. The van der Waals surface area contributed by atoms with Crippen LogP contribution in [0.1, 0.15) is 48.1 Å². The minimum absolute atomic E-state index is 0.201. The van der Waals surface area contributed by atoms with E-state index < -0.39 is 0 Å². The van der Waals surface area contributed by atoms with Crippen molar-refractivity contribution in [2.75, 3.05) is 0 Å². The molecule has 3 rings (SSSR count). The van der Waals surface area contributed by atoms with E-state index in [4.69, 9.17) is 4.52 Å². The molecule has 1 fully saturated rings. The van der Waals surface area contributed by atoms with Crippen LogP contribution in [-0.2, 0) is 17.6 Å². The molecule has 0 spiro atoms. The molecule has 0 amide bonds. The summed E-state index contributed by atoms with van der Waals surface area (Å²) in [5.41, 5.74) is 1.00. The van der Waals surface area contributed by atoms with Gasteiger partial charge in [-0.15, -0.1) is 11.3 Å². The molecule has 0 aliphatic heterocycles. The van der Waals surface area contributed by atoms with Crippen molar-refractivity contribution < 1.29 is 9.32 Å². The topological polar surface area (TPSA) is 68.9 Å². The van der Waals surface area contributed by atoms with E-state index in [2.05, 4.69) is 15.1 Å². The first-order valence-corrected chi connectivity index (χ1v) is 7.84. The summed E-state index contributed by atoms with van der Waals surface area (Å²) in [7, 11) is 0. The fourth-order valence-corrected chi connectivity index (χ4v) is 3.36. The summed E-state index contributed by atoms with van der Waals surface area (Å²) in [6.45, 7) is 1.96. The van der Waals surface area contributed by atoms with Gasteiger partial charge in [-0.1, -0.05) is 18.0 Å². The van der Waals surface area contributed by atoms with E-state index >= 15 is 0 Å². The number of aromatic nitrogens is 3. The zero-order valence-corrected chi connectivity index (χ0v) is 12.3. The molecule has 0 saturated heterocycles. The highest BCUT2D eigenvalue weighted by Gasteiger charge is 2.24. The maximum Gasteiger partial charge on any atom is 0.234 e. The second kappa shape index (κ2) is 5.83. The number of hydrogen-bond donors (Lipinski definition) is 0. The van der Waals surface area contributed by atoms with Gasteiger partial charge in [0.1, 0.15) is 10.8 Å². The fourth-order valence-electron chi connectivity index (χ4n) is 2.59. The fraction of sp³-hybridized carbons (Fsp3) is 0.571. The molecule has 106 valence electrons. The van der Waals surface area contributed by atoms with Crippen molar-refractivity contribution in [2.45, 2.75) is 45.4 Å². The van der Waals surface area contributed by atoms with Gasteiger partial charge in [-0.3, -0.25) is 4.79 Å². The Kier molecular flexibility index (Phi) is 3.91. The number of Topliss-reactive ketones (excluding diaryl/α,β-unsaturated/α-hetero) is 1. The summed E-state index contributed by atoms with van der Waals surface area (Å²) >= 11 is 1.59. The van der Waals surface area contributed by atoms with E-state index in [-0.39, 0.29) is 18.1 Å². The van der Waals surface area contributed by atoms with Crippen LogP contribution in [0.4, 0.5) is 0 Å². The Labute approximate surface area is 121 Å². The number of nitrogens with zero attached hydrogens (tertiary/aromatic N) is 3. The molecule has 1 saturated carbocycles. The van der Waals surface area contributed by atoms with Gasteiger partial charge in [0.15, 0.2) is 5.82 Å². The third-order valence-corrected chi connectivity index (χ3v) is 4.59.